The van der Waals surface area contributed by atoms with Gasteiger partial charge in [-0.25, -0.2) is 4.57 Å². The Morgan fingerprint density at radius 1 is 1.35 bits per heavy atom. The van der Waals surface area contributed by atoms with Gasteiger partial charge in [-0.15, -0.1) is 0 Å². The maximum absolute atomic E-state index is 13.3. The fraction of sp³-hybridized carbons (Fsp3) is 0.500. The molecule has 0 radical (unpaired) electrons. The van der Waals surface area contributed by atoms with Crippen molar-refractivity contribution in [3.8, 4) is 0 Å². The highest BCUT2D eigenvalue weighted by molar-refractivity contribution is 6.00. The molecule has 1 saturated heterocycles. The molecular weight excluding hydrogens is 436 g/mol. The molecule has 4 rings (SSSR count). The van der Waals surface area contributed by atoms with Crippen LogP contribution >= 0.6 is 0 Å². The van der Waals surface area contributed by atoms with Gasteiger partial charge in [-0.2, -0.15) is 0 Å². The van der Waals surface area contributed by atoms with E-state index in [9.17, 15) is 9.59 Å². The van der Waals surface area contributed by atoms with Crippen molar-refractivity contribution in [2.75, 3.05) is 51.7 Å². The van der Waals surface area contributed by atoms with E-state index in [4.69, 9.17) is 20.2 Å². The van der Waals surface area contributed by atoms with Crippen molar-refractivity contribution in [2.24, 2.45) is 0 Å². The number of ether oxygens (including phenoxy) is 2. The molecule has 0 aromatic carbocycles. The summed E-state index contributed by atoms with van der Waals surface area (Å²) in [6, 6.07) is 6.95. The number of nitrogens with zero attached hydrogens (tertiary/aromatic N) is 3. The molecule has 182 valence electrons. The molecule has 0 saturated carbocycles. The summed E-state index contributed by atoms with van der Waals surface area (Å²) >= 11 is 0. The summed E-state index contributed by atoms with van der Waals surface area (Å²) in [5.41, 5.74) is 7.53. The topological polar surface area (TPSA) is 116 Å². The van der Waals surface area contributed by atoms with E-state index in [1.54, 1.807) is 29.0 Å². The van der Waals surface area contributed by atoms with Gasteiger partial charge in [0.15, 0.2) is 0 Å². The Balaban J connectivity index is 1.65. The maximum Gasteiger partial charge on any atom is 0.278 e. The van der Waals surface area contributed by atoms with Gasteiger partial charge in [0.05, 0.1) is 39.0 Å². The Labute approximate surface area is 198 Å². The van der Waals surface area contributed by atoms with Gasteiger partial charge in [0, 0.05) is 19.2 Å². The Hall–Kier alpha value is -3.08. The second-order valence-electron chi connectivity index (χ2n) is 8.82. The summed E-state index contributed by atoms with van der Waals surface area (Å²) < 4.78 is 14.3. The van der Waals surface area contributed by atoms with Gasteiger partial charge >= 0.3 is 0 Å². The standard InChI is InChI=1S/C24H32N6O4/c1-17(2)34-13-5-9-30-21(25)18(23(31)26-7-10-28-11-14-33-15-12-28)16-19-22(30)27-20-6-3-4-8-29(20)24(19)32/h3-4,6,8,16-17,25H,5,7,9-15H2,1-2H3,(H,26,31)/p+2. The van der Waals surface area contributed by atoms with Crippen LogP contribution in [-0.2, 0) is 16.0 Å². The molecule has 0 atom stereocenters. The highest BCUT2D eigenvalue weighted by Crippen LogP contribution is 2.15. The highest BCUT2D eigenvalue weighted by Gasteiger charge is 2.24. The summed E-state index contributed by atoms with van der Waals surface area (Å²) in [4.78, 5) is 32.5. The first-order valence-electron chi connectivity index (χ1n) is 11.9. The van der Waals surface area contributed by atoms with Crippen LogP contribution in [-0.4, -0.2) is 67.4 Å². The Bertz CT molecular complexity index is 1220. The number of nitrogen functional groups attached to an aromatic ring is 1. The van der Waals surface area contributed by atoms with E-state index in [2.05, 4.69) is 5.32 Å². The number of anilines is 1. The molecule has 3 aromatic rings. The second kappa shape index (κ2) is 10.9. The first-order valence-corrected chi connectivity index (χ1v) is 11.9. The van der Waals surface area contributed by atoms with Gasteiger partial charge in [0.1, 0.15) is 24.0 Å². The Morgan fingerprint density at radius 2 is 2.15 bits per heavy atom. The molecule has 3 aromatic heterocycles. The Morgan fingerprint density at radius 3 is 2.91 bits per heavy atom. The fourth-order valence-corrected chi connectivity index (χ4v) is 4.21. The molecule has 4 heterocycles. The van der Waals surface area contributed by atoms with Crippen molar-refractivity contribution in [1.29, 1.82) is 0 Å². The van der Waals surface area contributed by atoms with Crippen molar-refractivity contribution in [3.63, 3.8) is 0 Å². The number of nitrogens with two attached hydrogens (primary N) is 1. The fourth-order valence-electron chi connectivity index (χ4n) is 4.21. The highest BCUT2D eigenvalue weighted by atomic mass is 16.5. The van der Waals surface area contributed by atoms with Crippen molar-refractivity contribution in [3.05, 3.63) is 46.4 Å². The third-order valence-corrected chi connectivity index (χ3v) is 6.05. The van der Waals surface area contributed by atoms with Gasteiger partial charge in [-0.05, 0) is 32.0 Å². The minimum atomic E-state index is -0.295. The van der Waals surface area contributed by atoms with Crippen LogP contribution in [0.4, 0.5) is 5.82 Å². The van der Waals surface area contributed by atoms with Gasteiger partial charge < -0.3 is 25.4 Å². The van der Waals surface area contributed by atoms with Crippen molar-refractivity contribution in [1.82, 2.24) is 14.7 Å². The number of hydrogen-bond acceptors (Lipinski definition) is 6. The molecule has 34 heavy (non-hydrogen) atoms. The van der Waals surface area contributed by atoms with Crippen molar-refractivity contribution >= 4 is 28.4 Å². The molecule has 1 aliphatic rings. The summed E-state index contributed by atoms with van der Waals surface area (Å²) in [5.74, 6) is -0.00255. The minimum Gasteiger partial charge on any atom is -0.379 e. The number of quaternary nitrogens is 1. The number of fused-ring (bicyclic) bond motifs is 2. The number of hydrogen-bond donors (Lipinski definition) is 3. The van der Waals surface area contributed by atoms with E-state index in [1.807, 2.05) is 19.9 Å². The summed E-state index contributed by atoms with van der Waals surface area (Å²) in [6.45, 7) is 9.65. The predicted octanol–water partition coefficient (Wildman–Crippen LogP) is -0.823. The zero-order chi connectivity index (χ0) is 24.1. The molecule has 0 unspecified atom stereocenters. The summed E-state index contributed by atoms with van der Waals surface area (Å²) in [6.07, 6.45) is 2.46. The number of rotatable bonds is 9. The van der Waals surface area contributed by atoms with Crippen LogP contribution in [0.3, 0.4) is 0 Å². The van der Waals surface area contributed by atoms with Crippen LogP contribution < -0.4 is 26.1 Å². The number of morpholine rings is 1. The lowest BCUT2D eigenvalue weighted by atomic mass is 10.1. The molecule has 1 fully saturated rings. The first-order chi connectivity index (χ1) is 16.5. The van der Waals surface area contributed by atoms with Crippen molar-refractivity contribution in [2.45, 2.75) is 32.9 Å². The lowest BCUT2D eigenvalue weighted by molar-refractivity contribution is -0.906. The lowest BCUT2D eigenvalue weighted by Gasteiger charge is -2.23. The number of amides is 1. The van der Waals surface area contributed by atoms with E-state index in [0.29, 0.717) is 48.6 Å². The van der Waals surface area contributed by atoms with Gasteiger partial charge in [0.2, 0.25) is 11.5 Å². The SMILES string of the molecule is CC(C)OCCC[n+]1c(N)c(C(=O)NCC[NH+]2CCOCC2)cc2c(=O)n3ccccc3nc21. The normalized spacial score (nSPS) is 14.8. The molecular formula is C24H34N6O4+2. The van der Waals surface area contributed by atoms with Crippen molar-refractivity contribution < 1.29 is 23.7 Å². The molecule has 1 aliphatic heterocycles. The van der Waals surface area contributed by atoms with Gasteiger partial charge in [0.25, 0.3) is 17.1 Å². The van der Waals surface area contributed by atoms with Crippen LogP contribution in [0.2, 0.25) is 0 Å². The number of carbonyl (C=O) groups excluding carboxylic acids is 1. The zero-order valence-corrected chi connectivity index (χ0v) is 19.9. The quantitative estimate of drug-likeness (QED) is 0.214. The lowest BCUT2D eigenvalue weighted by Crippen LogP contribution is -3.14. The van der Waals surface area contributed by atoms with Crippen LogP contribution in [0.1, 0.15) is 30.6 Å². The Kier molecular flexibility index (Phi) is 7.71. The second-order valence-corrected chi connectivity index (χ2v) is 8.82. The molecule has 1 amide bonds. The average molecular weight is 471 g/mol. The summed E-state index contributed by atoms with van der Waals surface area (Å²) in [7, 11) is 0. The van der Waals surface area contributed by atoms with E-state index >= 15 is 0 Å². The number of nitrogens with one attached hydrogen (secondary N) is 2. The zero-order valence-electron chi connectivity index (χ0n) is 19.9. The number of pyridine rings is 2. The molecule has 4 N–H and O–H groups in total. The van der Waals surface area contributed by atoms with Gasteiger partial charge in [-0.1, -0.05) is 11.1 Å². The largest absolute Gasteiger partial charge is 0.379 e. The van der Waals surface area contributed by atoms with Crippen LogP contribution in [0.25, 0.3) is 16.7 Å². The van der Waals surface area contributed by atoms with Crippen LogP contribution in [0.15, 0.2) is 35.3 Å². The average Bonchev–Trinajstić information content (AvgIpc) is 2.83. The van der Waals surface area contributed by atoms with E-state index in [0.717, 1.165) is 32.8 Å². The van der Waals surface area contributed by atoms with E-state index in [-0.39, 0.29) is 23.1 Å². The molecule has 10 nitrogen and oxygen atoms in total. The first kappa shape index (κ1) is 24.1. The number of carbonyl (C=O) groups is 1. The van der Waals surface area contributed by atoms with E-state index in [1.165, 1.54) is 9.30 Å². The molecule has 0 spiro atoms. The third-order valence-electron chi connectivity index (χ3n) is 6.05. The smallest absolute Gasteiger partial charge is 0.278 e. The molecule has 10 heteroatoms. The maximum atomic E-state index is 13.3. The predicted molar refractivity (Wildman–Crippen MR) is 128 cm³/mol. The number of aryl methyl sites for hydroxylation is 1. The van der Waals surface area contributed by atoms with E-state index < -0.39 is 0 Å². The third kappa shape index (κ3) is 5.35. The van der Waals surface area contributed by atoms with Crippen LogP contribution in [0, 0.1) is 0 Å². The van der Waals surface area contributed by atoms with Gasteiger partial charge in [-0.3, -0.25) is 14.0 Å². The van der Waals surface area contributed by atoms with Crippen LogP contribution in [0.5, 0.6) is 0 Å². The monoisotopic (exact) mass is 470 g/mol. The minimum absolute atomic E-state index is 0.122. The number of aromatic nitrogens is 3. The molecule has 0 bridgehead atoms. The molecule has 0 aliphatic carbocycles. The summed E-state index contributed by atoms with van der Waals surface area (Å²) in [5, 5.41) is 3.32.